The van der Waals surface area contributed by atoms with E-state index in [1.165, 1.54) is 25.7 Å². The second-order valence-electron chi connectivity index (χ2n) is 5.94. The molecule has 3 N–H and O–H groups in total. The van der Waals surface area contributed by atoms with Gasteiger partial charge in [0, 0.05) is 25.6 Å². The molecule has 108 valence electrons. The molecular weight excluding hydrogens is 242 g/mol. The van der Waals surface area contributed by atoms with Crippen molar-refractivity contribution in [1.82, 2.24) is 10.2 Å². The number of hydrogen-bond donors (Lipinski definition) is 2. The number of nitrogens with two attached hydrogens (primary N) is 1. The van der Waals surface area contributed by atoms with E-state index in [0.29, 0.717) is 18.9 Å². The second kappa shape index (κ2) is 6.89. The normalized spacial score (nSPS) is 22.5. The minimum absolute atomic E-state index is 0.209. The number of nitrogens with zero attached hydrogens (tertiary/aromatic N) is 1. The zero-order valence-electron chi connectivity index (χ0n) is 11.6. The summed E-state index contributed by atoms with van der Waals surface area (Å²) in [5.41, 5.74) is 5.18. The first-order chi connectivity index (χ1) is 9.13. The van der Waals surface area contributed by atoms with Gasteiger partial charge in [-0.2, -0.15) is 0 Å². The molecule has 0 atom stereocenters. The molecule has 0 aromatic rings. The van der Waals surface area contributed by atoms with Crippen molar-refractivity contribution in [2.24, 2.45) is 11.7 Å². The fraction of sp³-hybridized carbons (Fsp3) is 0.857. The first kappa shape index (κ1) is 14.3. The Hall–Kier alpha value is -1.10. The predicted octanol–water partition coefficient (Wildman–Crippen LogP) is 0.633. The fourth-order valence-corrected chi connectivity index (χ4v) is 3.22. The standard InChI is InChI=1S/C14H25N3O2/c15-13(18)10-17-7-5-12(6-8-17)16-14(19)9-11-3-1-2-4-11/h11-12H,1-10H2,(H2,15,18)(H,16,19). The molecular formula is C14H25N3O2. The minimum atomic E-state index is -0.274. The molecule has 5 nitrogen and oxygen atoms in total. The van der Waals surface area contributed by atoms with E-state index in [0.717, 1.165) is 25.9 Å². The highest BCUT2D eigenvalue weighted by atomic mass is 16.2. The van der Waals surface area contributed by atoms with Crippen molar-refractivity contribution in [3.63, 3.8) is 0 Å². The van der Waals surface area contributed by atoms with Crippen LogP contribution in [0, 0.1) is 5.92 Å². The van der Waals surface area contributed by atoms with E-state index in [4.69, 9.17) is 5.73 Å². The Bertz CT molecular complexity index is 319. The molecule has 5 heteroatoms. The van der Waals surface area contributed by atoms with Crippen LogP contribution < -0.4 is 11.1 Å². The summed E-state index contributed by atoms with van der Waals surface area (Å²) in [7, 11) is 0. The summed E-state index contributed by atoms with van der Waals surface area (Å²) in [6, 6.07) is 0.276. The molecule has 2 amide bonds. The first-order valence-corrected chi connectivity index (χ1v) is 7.43. The summed E-state index contributed by atoms with van der Waals surface area (Å²) in [6.45, 7) is 2.03. The number of amides is 2. The van der Waals surface area contributed by atoms with Crippen molar-refractivity contribution in [2.45, 2.75) is 51.0 Å². The number of carbonyl (C=O) groups is 2. The SMILES string of the molecule is NC(=O)CN1CCC(NC(=O)CC2CCCC2)CC1. The number of rotatable bonds is 5. The molecule has 0 bridgehead atoms. The van der Waals surface area contributed by atoms with E-state index in [1.54, 1.807) is 0 Å². The number of likely N-dealkylation sites (tertiary alicyclic amines) is 1. The Morgan fingerprint density at radius 2 is 1.74 bits per heavy atom. The Morgan fingerprint density at radius 3 is 2.32 bits per heavy atom. The summed E-state index contributed by atoms with van der Waals surface area (Å²) < 4.78 is 0. The van der Waals surface area contributed by atoms with E-state index < -0.39 is 0 Å². The molecule has 1 aliphatic heterocycles. The van der Waals surface area contributed by atoms with Gasteiger partial charge in [-0.3, -0.25) is 14.5 Å². The first-order valence-electron chi connectivity index (χ1n) is 7.43. The van der Waals surface area contributed by atoms with Gasteiger partial charge in [0.05, 0.1) is 6.54 Å². The van der Waals surface area contributed by atoms with Gasteiger partial charge in [-0.1, -0.05) is 12.8 Å². The minimum Gasteiger partial charge on any atom is -0.369 e. The van der Waals surface area contributed by atoms with Crippen molar-refractivity contribution in [3.05, 3.63) is 0 Å². The Kier molecular flexibility index (Phi) is 5.19. The second-order valence-corrected chi connectivity index (χ2v) is 5.94. The van der Waals surface area contributed by atoms with Crippen LogP contribution >= 0.6 is 0 Å². The predicted molar refractivity (Wildman–Crippen MR) is 73.4 cm³/mol. The zero-order valence-corrected chi connectivity index (χ0v) is 11.6. The molecule has 0 radical (unpaired) electrons. The van der Waals surface area contributed by atoms with Gasteiger partial charge in [0.1, 0.15) is 0 Å². The van der Waals surface area contributed by atoms with E-state index in [-0.39, 0.29) is 17.9 Å². The van der Waals surface area contributed by atoms with Gasteiger partial charge in [-0.05, 0) is 31.6 Å². The van der Waals surface area contributed by atoms with Gasteiger partial charge in [-0.15, -0.1) is 0 Å². The van der Waals surface area contributed by atoms with E-state index in [9.17, 15) is 9.59 Å². The summed E-state index contributed by atoms with van der Waals surface area (Å²) in [5.74, 6) is 0.541. The molecule has 1 aliphatic carbocycles. The van der Waals surface area contributed by atoms with E-state index in [2.05, 4.69) is 10.2 Å². The van der Waals surface area contributed by atoms with E-state index in [1.807, 2.05) is 0 Å². The molecule has 0 aromatic heterocycles. The lowest BCUT2D eigenvalue weighted by Crippen LogP contribution is -2.46. The van der Waals surface area contributed by atoms with Crippen molar-refractivity contribution < 1.29 is 9.59 Å². The Morgan fingerprint density at radius 1 is 1.11 bits per heavy atom. The largest absolute Gasteiger partial charge is 0.369 e. The maximum Gasteiger partial charge on any atom is 0.231 e. The number of primary amides is 1. The van der Waals surface area contributed by atoms with Crippen LogP contribution in [0.4, 0.5) is 0 Å². The number of nitrogens with one attached hydrogen (secondary N) is 1. The van der Waals surface area contributed by atoms with Gasteiger partial charge in [0.15, 0.2) is 0 Å². The fourth-order valence-electron chi connectivity index (χ4n) is 3.22. The lowest BCUT2D eigenvalue weighted by molar-refractivity contribution is -0.123. The highest BCUT2D eigenvalue weighted by Crippen LogP contribution is 2.27. The van der Waals surface area contributed by atoms with Gasteiger partial charge in [0.25, 0.3) is 0 Å². The summed E-state index contributed by atoms with van der Waals surface area (Å²) >= 11 is 0. The topological polar surface area (TPSA) is 75.4 Å². The molecule has 1 saturated carbocycles. The molecule has 1 heterocycles. The van der Waals surface area contributed by atoms with Crippen LogP contribution in [-0.2, 0) is 9.59 Å². The van der Waals surface area contributed by atoms with Crippen molar-refractivity contribution in [1.29, 1.82) is 0 Å². The summed E-state index contributed by atoms with van der Waals surface area (Å²) in [5, 5.41) is 3.14. The van der Waals surface area contributed by atoms with Crippen LogP contribution in [0.25, 0.3) is 0 Å². The summed E-state index contributed by atoms with van der Waals surface area (Å²) in [6.07, 6.45) is 7.52. The van der Waals surface area contributed by atoms with Crippen LogP contribution in [0.5, 0.6) is 0 Å². The van der Waals surface area contributed by atoms with Gasteiger partial charge in [0.2, 0.25) is 11.8 Å². The molecule has 0 aromatic carbocycles. The maximum absolute atomic E-state index is 11.9. The lowest BCUT2D eigenvalue weighted by atomic mass is 10.0. The lowest BCUT2D eigenvalue weighted by Gasteiger charge is -2.31. The highest BCUT2D eigenvalue weighted by Gasteiger charge is 2.23. The van der Waals surface area contributed by atoms with Crippen LogP contribution in [0.3, 0.4) is 0 Å². The van der Waals surface area contributed by atoms with Crippen LogP contribution in [-0.4, -0.2) is 42.4 Å². The van der Waals surface area contributed by atoms with Crippen LogP contribution in [0.1, 0.15) is 44.9 Å². The Balaban J connectivity index is 1.64. The smallest absolute Gasteiger partial charge is 0.231 e. The molecule has 2 aliphatic rings. The van der Waals surface area contributed by atoms with Crippen LogP contribution in [0.2, 0.25) is 0 Å². The highest BCUT2D eigenvalue weighted by molar-refractivity contribution is 5.76. The van der Waals surface area contributed by atoms with E-state index >= 15 is 0 Å². The monoisotopic (exact) mass is 267 g/mol. The van der Waals surface area contributed by atoms with Gasteiger partial charge >= 0.3 is 0 Å². The van der Waals surface area contributed by atoms with Gasteiger partial charge in [-0.25, -0.2) is 0 Å². The van der Waals surface area contributed by atoms with Crippen molar-refractivity contribution >= 4 is 11.8 Å². The molecule has 2 fully saturated rings. The molecule has 0 unspecified atom stereocenters. The van der Waals surface area contributed by atoms with Crippen LogP contribution in [0.15, 0.2) is 0 Å². The summed E-state index contributed by atoms with van der Waals surface area (Å²) in [4.78, 5) is 24.8. The third-order valence-corrected chi connectivity index (χ3v) is 4.28. The van der Waals surface area contributed by atoms with Crippen molar-refractivity contribution in [3.8, 4) is 0 Å². The number of piperidine rings is 1. The molecule has 0 spiro atoms. The average molecular weight is 267 g/mol. The molecule has 2 rings (SSSR count). The quantitative estimate of drug-likeness (QED) is 0.767. The molecule has 1 saturated heterocycles. The zero-order chi connectivity index (χ0) is 13.7. The maximum atomic E-state index is 11.9. The Labute approximate surface area is 114 Å². The number of hydrogen-bond acceptors (Lipinski definition) is 3. The average Bonchev–Trinajstić information content (AvgIpc) is 2.83. The third kappa shape index (κ3) is 4.82. The number of carbonyl (C=O) groups excluding carboxylic acids is 2. The van der Waals surface area contributed by atoms with Crippen molar-refractivity contribution in [2.75, 3.05) is 19.6 Å². The van der Waals surface area contributed by atoms with Gasteiger partial charge < -0.3 is 11.1 Å². The molecule has 19 heavy (non-hydrogen) atoms. The third-order valence-electron chi connectivity index (χ3n) is 4.28.